The monoisotopic (exact) mass is 378 g/mol. The molecular formula is C20H20F2O5. The zero-order valence-electron chi connectivity index (χ0n) is 15.2. The highest BCUT2D eigenvalue weighted by molar-refractivity contribution is 5.89. The molecule has 0 spiro atoms. The van der Waals surface area contributed by atoms with E-state index in [-0.39, 0.29) is 16.9 Å². The summed E-state index contributed by atoms with van der Waals surface area (Å²) in [6, 6.07) is 8.85. The number of rotatable bonds is 8. The van der Waals surface area contributed by atoms with Crippen molar-refractivity contribution >= 4 is 12.0 Å². The van der Waals surface area contributed by atoms with Crippen LogP contribution in [0.4, 0.5) is 8.78 Å². The number of carboxylic acid groups (broad SMARTS) is 1. The summed E-state index contributed by atoms with van der Waals surface area (Å²) >= 11 is 0. The quantitative estimate of drug-likeness (QED) is 0.742. The van der Waals surface area contributed by atoms with Crippen molar-refractivity contribution in [3.63, 3.8) is 0 Å². The summed E-state index contributed by atoms with van der Waals surface area (Å²) in [5, 5.41) is 9.14. The largest absolute Gasteiger partial charge is 0.493 e. The zero-order chi connectivity index (χ0) is 20.0. The molecule has 0 radical (unpaired) electrons. The number of allylic oxidation sites excluding steroid dienone is 1. The van der Waals surface area contributed by atoms with Gasteiger partial charge in [-0.1, -0.05) is 18.2 Å². The summed E-state index contributed by atoms with van der Waals surface area (Å²) in [6.45, 7) is 0. The third kappa shape index (κ3) is 4.75. The predicted octanol–water partition coefficient (Wildman–Crippen LogP) is 4.30. The number of alkyl halides is 2. The van der Waals surface area contributed by atoms with Gasteiger partial charge in [0.05, 0.1) is 26.9 Å². The maximum Gasteiger partial charge on any atom is 0.335 e. The Morgan fingerprint density at radius 2 is 1.70 bits per heavy atom. The van der Waals surface area contributed by atoms with E-state index < -0.39 is 18.3 Å². The number of carboxylic acids is 1. The van der Waals surface area contributed by atoms with E-state index in [1.54, 1.807) is 12.1 Å². The fraction of sp³-hybridized carbons (Fsp3) is 0.250. The van der Waals surface area contributed by atoms with Crippen LogP contribution in [0.3, 0.4) is 0 Å². The first-order chi connectivity index (χ1) is 12.8. The van der Waals surface area contributed by atoms with Gasteiger partial charge in [-0.3, -0.25) is 0 Å². The van der Waals surface area contributed by atoms with Gasteiger partial charge >= 0.3 is 5.97 Å². The van der Waals surface area contributed by atoms with Crippen LogP contribution in [0.15, 0.2) is 42.5 Å². The Labute approximate surface area is 155 Å². The predicted molar refractivity (Wildman–Crippen MR) is 97.2 cm³/mol. The molecule has 2 aromatic rings. The van der Waals surface area contributed by atoms with Crippen molar-refractivity contribution in [2.24, 2.45) is 0 Å². The molecule has 0 amide bonds. The second kappa shape index (κ2) is 8.53. The Morgan fingerprint density at radius 1 is 1.04 bits per heavy atom. The van der Waals surface area contributed by atoms with E-state index in [4.69, 9.17) is 19.3 Å². The summed E-state index contributed by atoms with van der Waals surface area (Å²) in [4.78, 5) is 11.2. The van der Waals surface area contributed by atoms with Crippen LogP contribution in [0.5, 0.6) is 17.2 Å². The number of carbonyl (C=O) groups is 1. The van der Waals surface area contributed by atoms with E-state index >= 15 is 0 Å². The average molecular weight is 378 g/mol. The summed E-state index contributed by atoms with van der Waals surface area (Å²) in [7, 11) is 4.28. The summed E-state index contributed by atoms with van der Waals surface area (Å²) in [6.07, 6.45) is 1.20. The number of ether oxygens (including phenoxy) is 3. The van der Waals surface area contributed by atoms with Crippen molar-refractivity contribution in [3.8, 4) is 17.2 Å². The van der Waals surface area contributed by atoms with E-state index in [1.165, 1.54) is 51.7 Å². The van der Waals surface area contributed by atoms with Crippen LogP contribution < -0.4 is 14.2 Å². The van der Waals surface area contributed by atoms with Gasteiger partial charge in [0.1, 0.15) is 0 Å². The molecule has 7 heteroatoms. The van der Waals surface area contributed by atoms with Crippen LogP contribution in [0.1, 0.15) is 21.5 Å². The zero-order valence-corrected chi connectivity index (χ0v) is 15.2. The Bertz CT molecular complexity index is 846. The van der Waals surface area contributed by atoms with Crippen molar-refractivity contribution < 1.29 is 32.9 Å². The lowest BCUT2D eigenvalue weighted by Gasteiger charge is -2.16. The normalized spacial score (nSPS) is 11.4. The van der Waals surface area contributed by atoms with E-state index in [9.17, 15) is 13.6 Å². The fourth-order valence-corrected chi connectivity index (χ4v) is 2.66. The van der Waals surface area contributed by atoms with Crippen LogP contribution in [0, 0.1) is 0 Å². The van der Waals surface area contributed by atoms with E-state index in [0.717, 1.165) is 6.08 Å². The number of methoxy groups -OCH3 is 3. The van der Waals surface area contributed by atoms with Gasteiger partial charge in [0, 0.05) is 12.0 Å². The molecule has 0 aliphatic rings. The van der Waals surface area contributed by atoms with Crippen LogP contribution in [-0.4, -0.2) is 38.3 Å². The lowest BCUT2D eigenvalue weighted by molar-refractivity contribution is 0.0557. The van der Waals surface area contributed by atoms with Gasteiger partial charge in [-0.15, -0.1) is 0 Å². The van der Waals surface area contributed by atoms with Gasteiger partial charge in [-0.25, -0.2) is 13.6 Å². The molecule has 144 valence electrons. The summed E-state index contributed by atoms with van der Waals surface area (Å²) in [5.74, 6) is -3.54. The Morgan fingerprint density at radius 3 is 2.30 bits per heavy atom. The topological polar surface area (TPSA) is 65.0 Å². The molecule has 0 aliphatic heterocycles. The minimum atomic E-state index is -3.26. The molecule has 0 fully saturated rings. The molecule has 0 unspecified atom stereocenters. The van der Waals surface area contributed by atoms with Crippen LogP contribution in [-0.2, 0) is 6.42 Å². The molecule has 27 heavy (non-hydrogen) atoms. The smallest absolute Gasteiger partial charge is 0.335 e. The molecule has 0 saturated heterocycles. The highest BCUT2D eigenvalue weighted by Crippen LogP contribution is 2.40. The summed E-state index contributed by atoms with van der Waals surface area (Å²) in [5.41, 5.74) is 0.287. The molecule has 5 nitrogen and oxygen atoms in total. The van der Waals surface area contributed by atoms with Crippen molar-refractivity contribution in [3.05, 3.63) is 59.2 Å². The molecule has 1 N–H and O–H groups in total. The van der Waals surface area contributed by atoms with Crippen molar-refractivity contribution in [1.82, 2.24) is 0 Å². The molecule has 2 aromatic carbocycles. The second-order valence-electron chi connectivity index (χ2n) is 5.66. The molecule has 0 atom stereocenters. The molecule has 0 saturated carbocycles. The second-order valence-corrected chi connectivity index (χ2v) is 5.66. The number of hydrogen-bond donors (Lipinski definition) is 1. The third-order valence-corrected chi connectivity index (χ3v) is 3.92. The number of benzene rings is 2. The van der Waals surface area contributed by atoms with Crippen LogP contribution in [0.2, 0.25) is 0 Å². The number of hydrogen-bond acceptors (Lipinski definition) is 4. The Kier molecular flexibility index (Phi) is 6.39. The minimum absolute atomic E-state index is 0.0546. The fourth-order valence-electron chi connectivity index (χ4n) is 2.66. The highest BCUT2D eigenvalue weighted by atomic mass is 19.3. The maximum absolute atomic E-state index is 14.4. The first-order valence-electron chi connectivity index (χ1n) is 8.00. The minimum Gasteiger partial charge on any atom is -0.493 e. The summed E-state index contributed by atoms with van der Waals surface area (Å²) < 4.78 is 44.5. The van der Waals surface area contributed by atoms with Crippen LogP contribution in [0.25, 0.3) is 6.08 Å². The molecule has 0 heterocycles. The van der Waals surface area contributed by atoms with Crippen molar-refractivity contribution in [2.45, 2.75) is 12.3 Å². The van der Waals surface area contributed by atoms with Crippen molar-refractivity contribution in [2.75, 3.05) is 21.3 Å². The molecule has 0 aliphatic carbocycles. The van der Waals surface area contributed by atoms with Gasteiger partial charge < -0.3 is 19.3 Å². The van der Waals surface area contributed by atoms with Crippen LogP contribution >= 0.6 is 0 Å². The van der Waals surface area contributed by atoms with Gasteiger partial charge in [0.2, 0.25) is 5.75 Å². The van der Waals surface area contributed by atoms with Gasteiger partial charge in [0.15, 0.2) is 11.5 Å². The van der Waals surface area contributed by atoms with E-state index in [2.05, 4.69) is 0 Å². The number of halogens is 2. The molecule has 2 rings (SSSR count). The van der Waals surface area contributed by atoms with E-state index in [0.29, 0.717) is 17.1 Å². The highest BCUT2D eigenvalue weighted by Gasteiger charge is 2.28. The third-order valence-electron chi connectivity index (χ3n) is 3.92. The lowest BCUT2D eigenvalue weighted by Crippen LogP contribution is -2.18. The SMILES string of the molecule is COc1ccc(C=CC(F)(F)Cc2ccccc2C(=O)O)c(OC)c1OC. The molecule has 0 aromatic heterocycles. The standard InChI is InChI=1S/C20H20F2O5/c1-25-16-9-8-13(17(26-2)18(16)27-3)10-11-20(21,22)12-14-6-4-5-7-15(14)19(23)24/h4-11H,12H2,1-3H3,(H,23,24). The van der Waals surface area contributed by atoms with Gasteiger partial charge in [-0.05, 0) is 35.9 Å². The molecule has 0 bridgehead atoms. The Balaban J connectivity index is 2.33. The lowest BCUT2D eigenvalue weighted by atomic mass is 10.00. The van der Waals surface area contributed by atoms with Crippen molar-refractivity contribution in [1.29, 1.82) is 0 Å². The van der Waals surface area contributed by atoms with E-state index in [1.807, 2.05) is 0 Å². The van der Waals surface area contributed by atoms with Gasteiger partial charge in [0.25, 0.3) is 5.92 Å². The maximum atomic E-state index is 14.4. The van der Waals surface area contributed by atoms with Gasteiger partial charge in [-0.2, -0.15) is 0 Å². The Hall–Kier alpha value is -3.09. The first kappa shape index (κ1) is 20.2. The number of aromatic carboxylic acids is 1. The first-order valence-corrected chi connectivity index (χ1v) is 8.00. The molecular weight excluding hydrogens is 358 g/mol. The average Bonchev–Trinajstić information content (AvgIpc) is 2.65.